The van der Waals surface area contributed by atoms with Gasteiger partial charge in [0.05, 0.1) is 0 Å². The standard InChI is InChI=1S/C16H28F6O/c1-12(2,3)8-7-11(9-13(4,5)6)10-14(23,15(17,18)19)16(20,21)22/h11,23H,7-10H2,1-6H3. The SMILES string of the molecule is CC(C)(C)CCC(CC(C)(C)C)CC(O)(C(F)(F)F)C(F)(F)F. The molecule has 0 spiro atoms. The van der Waals surface area contributed by atoms with Crippen LogP contribution in [-0.4, -0.2) is 23.1 Å². The molecule has 0 aromatic carbocycles. The summed E-state index contributed by atoms with van der Waals surface area (Å²) in [6, 6.07) is 0. The van der Waals surface area contributed by atoms with Crippen LogP contribution in [-0.2, 0) is 0 Å². The van der Waals surface area contributed by atoms with E-state index in [1.54, 1.807) is 20.8 Å². The van der Waals surface area contributed by atoms with Crippen molar-refractivity contribution in [2.75, 3.05) is 0 Å². The quantitative estimate of drug-likeness (QED) is 0.593. The van der Waals surface area contributed by atoms with Crippen molar-refractivity contribution in [1.82, 2.24) is 0 Å². The van der Waals surface area contributed by atoms with E-state index < -0.39 is 35.7 Å². The highest BCUT2D eigenvalue weighted by Gasteiger charge is 2.70. The van der Waals surface area contributed by atoms with Gasteiger partial charge in [-0.25, -0.2) is 0 Å². The molecule has 0 saturated carbocycles. The average Bonchev–Trinajstić information content (AvgIpc) is 2.19. The Bertz CT molecular complexity index is 356. The van der Waals surface area contributed by atoms with Crippen molar-refractivity contribution in [3.8, 4) is 0 Å². The molecule has 1 nitrogen and oxygen atoms in total. The summed E-state index contributed by atoms with van der Waals surface area (Å²) in [5.74, 6) is -0.873. The van der Waals surface area contributed by atoms with Crippen LogP contribution in [0.5, 0.6) is 0 Å². The van der Waals surface area contributed by atoms with E-state index in [4.69, 9.17) is 0 Å². The van der Waals surface area contributed by atoms with E-state index in [9.17, 15) is 31.4 Å². The molecule has 0 aromatic heterocycles. The van der Waals surface area contributed by atoms with Crippen molar-refractivity contribution < 1.29 is 31.4 Å². The first-order valence-electron chi connectivity index (χ1n) is 7.64. The summed E-state index contributed by atoms with van der Waals surface area (Å²) in [5.41, 5.74) is -5.29. The van der Waals surface area contributed by atoms with Crippen LogP contribution in [0.2, 0.25) is 0 Å². The molecule has 0 bridgehead atoms. The summed E-state index contributed by atoms with van der Waals surface area (Å²) in [4.78, 5) is 0. The maximum atomic E-state index is 12.9. The number of aliphatic hydroxyl groups is 1. The monoisotopic (exact) mass is 350 g/mol. The van der Waals surface area contributed by atoms with Crippen LogP contribution in [0.25, 0.3) is 0 Å². The predicted molar refractivity (Wildman–Crippen MR) is 77.9 cm³/mol. The van der Waals surface area contributed by atoms with Crippen LogP contribution in [0.4, 0.5) is 26.3 Å². The second-order valence-corrected chi connectivity index (χ2v) is 8.79. The van der Waals surface area contributed by atoms with Crippen LogP contribution in [0.1, 0.15) is 67.2 Å². The van der Waals surface area contributed by atoms with Gasteiger partial charge in [0.2, 0.25) is 0 Å². The largest absolute Gasteiger partial charge is 0.426 e. The molecule has 140 valence electrons. The minimum absolute atomic E-state index is 0.178. The van der Waals surface area contributed by atoms with Crippen molar-refractivity contribution >= 4 is 0 Å². The molecule has 0 aliphatic carbocycles. The molecule has 0 amide bonds. The van der Waals surface area contributed by atoms with Gasteiger partial charge in [0.15, 0.2) is 0 Å². The van der Waals surface area contributed by atoms with Crippen LogP contribution in [0.15, 0.2) is 0 Å². The van der Waals surface area contributed by atoms with Gasteiger partial charge in [-0.2, -0.15) is 26.3 Å². The Hall–Kier alpha value is -0.460. The van der Waals surface area contributed by atoms with Gasteiger partial charge in [0.1, 0.15) is 0 Å². The molecule has 0 aromatic rings. The topological polar surface area (TPSA) is 20.2 Å². The van der Waals surface area contributed by atoms with E-state index in [0.717, 1.165) is 0 Å². The fourth-order valence-corrected chi connectivity index (χ4v) is 2.59. The van der Waals surface area contributed by atoms with E-state index in [0.29, 0.717) is 6.42 Å². The Morgan fingerprint density at radius 1 is 0.696 bits per heavy atom. The third-order valence-corrected chi connectivity index (χ3v) is 3.73. The first-order valence-corrected chi connectivity index (χ1v) is 7.64. The Labute approximate surface area is 134 Å². The van der Waals surface area contributed by atoms with Crippen molar-refractivity contribution in [2.45, 2.75) is 85.2 Å². The molecule has 0 heterocycles. The van der Waals surface area contributed by atoms with Crippen molar-refractivity contribution in [1.29, 1.82) is 0 Å². The summed E-state index contributed by atoms with van der Waals surface area (Å²) in [6.45, 7) is 10.9. The van der Waals surface area contributed by atoms with E-state index >= 15 is 0 Å². The highest BCUT2D eigenvalue weighted by atomic mass is 19.4. The lowest BCUT2D eigenvalue weighted by molar-refractivity contribution is -0.373. The molecule has 23 heavy (non-hydrogen) atoms. The third kappa shape index (κ3) is 7.31. The normalized spacial score (nSPS) is 16.6. The molecule has 1 unspecified atom stereocenters. The first-order chi connectivity index (χ1) is 9.79. The number of hydrogen-bond donors (Lipinski definition) is 1. The molecule has 0 aliphatic rings. The highest BCUT2D eigenvalue weighted by molar-refractivity contribution is 4.96. The molecule has 0 fully saturated rings. The van der Waals surface area contributed by atoms with Gasteiger partial charge in [-0.3, -0.25) is 0 Å². The van der Waals surface area contributed by atoms with Gasteiger partial charge in [-0.15, -0.1) is 0 Å². The Morgan fingerprint density at radius 2 is 1.09 bits per heavy atom. The van der Waals surface area contributed by atoms with E-state index in [-0.39, 0.29) is 18.3 Å². The molecule has 0 aliphatic heterocycles. The lowest BCUT2D eigenvalue weighted by Crippen LogP contribution is -2.57. The van der Waals surface area contributed by atoms with E-state index in [1.807, 2.05) is 20.8 Å². The molecule has 1 N–H and O–H groups in total. The van der Waals surface area contributed by atoms with Gasteiger partial charge in [0.25, 0.3) is 5.60 Å². The number of halogens is 6. The Balaban J connectivity index is 5.46. The second kappa shape index (κ2) is 6.81. The van der Waals surface area contributed by atoms with Crippen molar-refractivity contribution in [2.24, 2.45) is 16.7 Å². The zero-order valence-corrected chi connectivity index (χ0v) is 14.6. The van der Waals surface area contributed by atoms with Gasteiger partial charge < -0.3 is 5.11 Å². The molecule has 7 heteroatoms. The molecule has 0 radical (unpaired) electrons. The van der Waals surface area contributed by atoms with Crippen LogP contribution >= 0.6 is 0 Å². The van der Waals surface area contributed by atoms with Crippen LogP contribution in [0, 0.1) is 16.7 Å². The molecule has 1 atom stereocenters. The van der Waals surface area contributed by atoms with Crippen molar-refractivity contribution in [3.63, 3.8) is 0 Å². The predicted octanol–water partition coefficient (Wildman–Crippen LogP) is 6.11. The average molecular weight is 350 g/mol. The zero-order chi connectivity index (χ0) is 18.9. The van der Waals surface area contributed by atoms with Gasteiger partial charge in [-0.1, -0.05) is 41.5 Å². The number of alkyl halides is 6. The Morgan fingerprint density at radius 3 is 1.35 bits per heavy atom. The Kier molecular flexibility index (Phi) is 6.67. The van der Waals surface area contributed by atoms with E-state index in [2.05, 4.69) is 0 Å². The van der Waals surface area contributed by atoms with Crippen LogP contribution < -0.4 is 0 Å². The zero-order valence-electron chi connectivity index (χ0n) is 14.6. The fraction of sp³-hybridized carbons (Fsp3) is 1.00. The van der Waals surface area contributed by atoms with Gasteiger partial charge >= 0.3 is 12.4 Å². The lowest BCUT2D eigenvalue weighted by Gasteiger charge is -2.37. The smallest absolute Gasteiger partial charge is 0.374 e. The minimum Gasteiger partial charge on any atom is -0.374 e. The molecular weight excluding hydrogens is 322 g/mol. The number of hydrogen-bond acceptors (Lipinski definition) is 1. The molecule has 0 rings (SSSR count). The van der Waals surface area contributed by atoms with Crippen LogP contribution in [0.3, 0.4) is 0 Å². The summed E-state index contributed by atoms with van der Waals surface area (Å²) in [5, 5.41) is 9.43. The summed E-state index contributed by atoms with van der Waals surface area (Å²) in [7, 11) is 0. The maximum Gasteiger partial charge on any atom is 0.426 e. The lowest BCUT2D eigenvalue weighted by atomic mass is 9.74. The third-order valence-electron chi connectivity index (χ3n) is 3.73. The summed E-state index contributed by atoms with van der Waals surface area (Å²) in [6.07, 6.45) is -12.0. The summed E-state index contributed by atoms with van der Waals surface area (Å²) >= 11 is 0. The summed E-state index contributed by atoms with van der Waals surface area (Å²) < 4.78 is 77.4. The fourth-order valence-electron chi connectivity index (χ4n) is 2.59. The number of rotatable bonds is 5. The molecular formula is C16H28F6O. The van der Waals surface area contributed by atoms with Gasteiger partial charge in [0, 0.05) is 0 Å². The second-order valence-electron chi connectivity index (χ2n) is 8.79. The van der Waals surface area contributed by atoms with E-state index in [1.165, 1.54) is 0 Å². The first kappa shape index (κ1) is 22.5. The molecule has 0 saturated heterocycles. The van der Waals surface area contributed by atoms with Crippen molar-refractivity contribution in [3.05, 3.63) is 0 Å². The van der Waals surface area contributed by atoms with Gasteiger partial charge in [-0.05, 0) is 42.4 Å². The maximum absolute atomic E-state index is 12.9. The minimum atomic E-state index is -5.75. The highest BCUT2D eigenvalue weighted by Crippen LogP contribution is 2.49.